The van der Waals surface area contributed by atoms with Crippen LogP contribution in [-0.2, 0) is 0 Å². The molecule has 1 atom stereocenters. The van der Waals surface area contributed by atoms with E-state index in [1.807, 2.05) is 50.2 Å². The Balaban J connectivity index is -0.000000655. The lowest BCUT2D eigenvalue weighted by molar-refractivity contribution is 0.699. The number of hydrogen-bond donors (Lipinski definition) is 8. The van der Waals surface area contributed by atoms with Crippen LogP contribution in [0, 0.1) is 5.92 Å². The van der Waals surface area contributed by atoms with Gasteiger partial charge >= 0.3 is 0 Å². The summed E-state index contributed by atoms with van der Waals surface area (Å²) in [4.78, 5) is 0. The van der Waals surface area contributed by atoms with E-state index < -0.39 is 0 Å². The van der Waals surface area contributed by atoms with Gasteiger partial charge in [0.25, 0.3) is 0 Å². The van der Waals surface area contributed by atoms with Gasteiger partial charge in [0, 0.05) is 33.9 Å². The summed E-state index contributed by atoms with van der Waals surface area (Å²) in [5.74, 6) is 2.66. The molecule has 0 amide bonds. The molecule has 0 saturated heterocycles. The molecule has 0 aromatic heterocycles. The zero-order valence-electron chi connectivity index (χ0n) is 34.4. The van der Waals surface area contributed by atoms with Gasteiger partial charge in [-0.25, -0.2) is 0 Å². The molecule has 0 aliphatic heterocycles. The first-order chi connectivity index (χ1) is 24.9. The Morgan fingerprint density at radius 2 is 1.21 bits per heavy atom. The van der Waals surface area contributed by atoms with Crippen LogP contribution in [-0.4, -0.2) is 24.6 Å². The Kier molecular flexibility index (Phi) is 39.1. The summed E-state index contributed by atoms with van der Waals surface area (Å²) >= 11 is 8.06. The molecule has 0 fully saturated rings. The van der Waals surface area contributed by atoms with Gasteiger partial charge in [-0.3, -0.25) is 0 Å². The zero-order chi connectivity index (χ0) is 40.2. The monoisotopic (exact) mass is 757 g/mol. The molecule has 1 aliphatic rings. The fourth-order valence-corrected chi connectivity index (χ4v) is 5.11. The Hall–Kier alpha value is -2.78. The van der Waals surface area contributed by atoms with E-state index in [-0.39, 0.29) is 0 Å². The van der Waals surface area contributed by atoms with E-state index >= 15 is 0 Å². The van der Waals surface area contributed by atoms with Crippen molar-refractivity contribution in [2.75, 3.05) is 47.5 Å². The molecule has 0 bridgehead atoms. The second-order valence-electron chi connectivity index (χ2n) is 12.8. The van der Waals surface area contributed by atoms with Gasteiger partial charge in [-0.2, -0.15) is 25.3 Å². The van der Waals surface area contributed by atoms with Gasteiger partial charge in [0.05, 0.1) is 0 Å². The van der Waals surface area contributed by atoms with Gasteiger partial charge < -0.3 is 34.4 Å². The fraction of sp³-hybridized carbons (Fsp3) is 0.545. The number of unbranched alkanes of at least 4 members (excludes halogenated alkanes) is 4. The molecular formula is C44H80N6S2. The lowest BCUT2D eigenvalue weighted by atomic mass is 9.99. The largest absolute Gasteiger partial charge is 0.399 e. The average molecular weight is 757 g/mol. The van der Waals surface area contributed by atoms with E-state index in [9.17, 15) is 0 Å². The number of benzene rings is 2. The molecule has 0 heterocycles. The maximum Gasteiger partial charge on any atom is 0.0391 e. The molecule has 0 saturated carbocycles. The summed E-state index contributed by atoms with van der Waals surface area (Å²) in [6.07, 6.45) is 24.8. The standard InChI is InChI=1S/C18H24N2.C13H20N2.C5H12S.C4H10S.2C2H7N/c1-14(17-13-16(19)11-12-18(17)20)7-5-6-10-15-8-3-2-4-9-15;1-4-9(2)7-10(3)12-8-11(14)5-6-13(12)15;1-2-3-4-5-6;1-2-3-4-5;2*1-2-3/h3,7-9,11-13H,2,4-6,10,19-20H2,1H3;5-9H,4,14-15H2,1-3H3;6H,2-5H2,1H3;5H,2-4H2,1H3;2*2-3H2,1H3/b14-7+;10-7+;;;;. The molecule has 1 unspecified atom stereocenters. The predicted molar refractivity (Wildman–Crippen MR) is 249 cm³/mol. The predicted octanol–water partition coefficient (Wildman–Crippen LogP) is 11.8. The Labute approximate surface area is 332 Å². The summed E-state index contributed by atoms with van der Waals surface area (Å²) in [6, 6.07) is 11.3. The van der Waals surface area contributed by atoms with Gasteiger partial charge in [0.2, 0.25) is 0 Å². The first-order valence-electron chi connectivity index (χ1n) is 19.5. The topological polar surface area (TPSA) is 156 Å². The lowest BCUT2D eigenvalue weighted by Gasteiger charge is -2.09. The number of nitrogens with two attached hydrogens (primary N) is 6. The molecule has 12 N–H and O–H groups in total. The van der Waals surface area contributed by atoms with Crippen molar-refractivity contribution in [3.8, 4) is 0 Å². The van der Waals surface area contributed by atoms with Crippen molar-refractivity contribution < 1.29 is 0 Å². The highest BCUT2D eigenvalue weighted by atomic mass is 32.1. The highest BCUT2D eigenvalue weighted by Gasteiger charge is 2.04. The minimum Gasteiger partial charge on any atom is -0.399 e. The van der Waals surface area contributed by atoms with Crippen LogP contribution in [0.5, 0.6) is 0 Å². The summed E-state index contributed by atoms with van der Waals surface area (Å²) in [5.41, 5.74) is 42.3. The lowest BCUT2D eigenvalue weighted by Crippen LogP contribution is -1.96. The van der Waals surface area contributed by atoms with Gasteiger partial charge in [-0.05, 0) is 137 Å². The molecule has 2 aromatic carbocycles. The zero-order valence-corrected chi connectivity index (χ0v) is 36.2. The highest BCUT2D eigenvalue weighted by molar-refractivity contribution is 7.80. The molecule has 0 spiro atoms. The van der Waals surface area contributed by atoms with Crippen molar-refractivity contribution in [3.63, 3.8) is 0 Å². The first-order valence-corrected chi connectivity index (χ1v) is 20.8. The molecule has 6 nitrogen and oxygen atoms in total. The highest BCUT2D eigenvalue weighted by Crippen LogP contribution is 2.26. The van der Waals surface area contributed by atoms with E-state index in [1.165, 1.54) is 68.1 Å². The van der Waals surface area contributed by atoms with Crippen molar-refractivity contribution in [2.45, 2.75) is 126 Å². The number of anilines is 4. The van der Waals surface area contributed by atoms with Crippen LogP contribution >= 0.6 is 25.3 Å². The van der Waals surface area contributed by atoms with Crippen LogP contribution in [0.3, 0.4) is 0 Å². The van der Waals surface area contributed by atoms with Crippen molar-refractivity contribution in [3.05, 3.63) is 83.5 Å². The molecular weight excluding hydrogens is 677 g/mol. The normalized spacial score (nSPS) is 12.4. The van der Waals surface area contributed by atoms with Crippen molar-refractivity contribution in [1.29, 1.82) is 0 Å². The van der Waals surface area contributed by atoms with Gasteiger partial charge in [0.15, 0.2) is 0 Å². The number of thiol groups is 2. The maximum absolute atomic E-state index is 6.00. The summed E-state index contributed by atoms with van der Waals surface area (Å²) in [5, 5.41) is 0. The third-order valence-electron chi connectivity index (χ3n) is 7.65. The van der Waals surface area contributed by atoms with Crippen molar-refractivity contribution in [1.82, 2.24) is 0 Å². The maximum atomic E-state index is 6.00. The second kappa shape index (κ2) is 38.0. The number of hydrogen-bond acceptors (Lipinski definition) is 8. The molecule has 52 heavy (non-hydrogen) atoms. The van der Waals surface area contributed by atoms with Crippen LogP contribution in [0.1, 0.15) is 137 Å². The molecule has 2 aromatic rings. The molecule has 0 radical (unpaired) electrons. The second-order valence-corrected chi connectivity index (χ2v) is 13.7. The minimum atomic E-state index is 0.575. The van der Waals surface area contributed by atoms with Crippen molar-refractivity contribution in [2.24, 2.45) is 17.4 Å². The van der Waals surface area contributed by atoms with E-state index in [0.29, 0.717) is 5.92 Å². The third kappa shape index (κ3) is 30.8. The fourth-order valence-electron chi connectivity index (χ4n) is 4.57. The minimum absolute atomic E-state index is 0.575. The first kappa shape index (κ1) is 53.6. The Bertz CT molecular complexity index is 1250. The van der Waals surface area contributed by atoms with Crippen LogP contribution < -0.4 is 34.4 Å². The van der Waals surface area contributed by atoms with Gasteiger partial charge in [-0.15, -0.1) is 0 Å². The third-order valence-corrected chi connectivity index (χ3v) is 8.28. The van der Waals surface area contributed by atoms with Gasteiger partial charge in [0.1, 0.15) is 0 Å². The van der Waals surface area contributed by atoms with E-state index in [0.717, 1.165) is 77.7 Å². The van der Waals surface area contributed by atoms with E-state index in [4.69, 9.17) is 34.4 Å². The number of allylic oxidation sites excluding steroid dienone is 8. The number of rotatable bonds is 13. The van der Waals surface area contributed by atoms with Crippen LogP contribution in [0.25, 0.3) is 11.1 Å². The Morgan fingerprint density at radius 1 is 0.712 bits per heavy atom. The quantitative estimate of drug-likeness (QED) is 0.0578. The summed E-state index contributed by atoms with van der Waals surface area (Å²) < 4.78 is 0. The van der Waals surface area contributed by atoms with Crippen LogP contribution in [0.4, 0.5) is 22.7 Å². The van der Waals surface area contributed by atoms with Crippen LogP contribution in [0.15, 0.2) is 72.4 Å². The molecule has 298 valence electrons. The average Bonchev–Trinajstić information content (AvgIpc) is 3.13. The number of nitrogen functional groups attached to an aromatic ring is 4. The molecule has 1 aliphatic carbocycles. The van der Waals surface area contributed by atoms with Crippen LogP contribution in [0.2, 0.25) is 0 Å². The molecule has 3 rings (SSSR count). The Morgan fingerprint density at radius 3 is 1.60 bits per heavy atom. The SMILES string of the molecule is C/C(=C\CCCC1=CCCC=C1)c1cc(N)ccc1N.CCC(C)/C=C(\C)c1cc(N)ccc1N.CCCCCS.CCCCS.CCN.CCN. The van der Waals surface area contributed by atoms with E-state index in [2.05, 4.69) is 97.2 Å². The summed E-state index contributed by atoms with van der Waals surface area (Å²) in [7, 11) is 0. The smallest absolute Gasteiger partial charge is 0.0391 e. The van der Waals surface area contributed by atoms with Crippen molar-refractivity contribution >= 4 is 59.2 Å². The van der Waals surface area contributed by atoms with E-state index in [1.54, 1.807) is 0 Å². The van der Waals surface area contributed by atoms with Gasteiger partial charge in [-0.1, -0.05) is 103 Å². The summed E-state index contributed by atoms with van der Waals surface area (Å²) in [6.45, 7) is 18.2. The molecule has 8 heteroatoms.